The number of rotatable bonds is 20. The number of nitrogens with zero attached hydrogens (tertiary/aromatic N) is 4. The van der Waals surface area contributed by atoms with E-state index >= 15 is 0 Å². The van der Waals surface area contributed by atoms with E-state index in [1.54, 1.807) is 4.90 Å². The summed E-state index contributed by atoms with van der Waals surface area (Å²) in [6.07, 6.45) is 2.84. The van der Waals surface area contributed by atoms with Crippen LogP contribution in [-0.4, -0.2) is 82.4 Å². The number of hydrogen-bond donors (Lipinski definition) is 2. The Morgan fingerprint density at radius 2 is 1.23 bits per heavy atom. The van der Waals surface area contributed by atoms with Crippen LogP contribution < -0.4 is 15.5 Å². The second kappa shape index (κ2) is 21.6. The molecule has 0 radical (unpaired) electrons. The number of hydrogen-bond acceptors (Lipinski definition) is 8. The molecule has 0 saturated carbocycles. The van der Waals surface area contributed by atoms with Crippen LogP contribution in [0.4, 0.5) is 5.69 Å². The Morgan fingerprint density at radius 3 is 1.85 bits per heavy atom. The average molecular weight is 833 g/mol. The van der Waals surface area contributed by atoms with Gasteiger partial charge in [-0.2, -0.15) is 0 Å². The second-order valence-electron chi connectivity index (χ2n) is 19.3. The monoisotopic (exact) mass is 833 g/mol. The van der Waals surface area contributed by atoms with E-state index < -0.39 is 16.7 Å². The van der Waals surface area contributed by atoms with Gasteiger partial charge in [-0.3, -0.25) is 14.4 Å². The summed E-state index contributed by atoms with van der Waals surface area (Å²) in [5, 5.41) is 15.4. The van der Waals surface area contributed by atoms with E-state index in [-0.39, 0.29) is 41.6 Å². The van der Waals surface area contributed by atoms with E-state index in [2.05, 4.69) is 59.1 Å². The first-order chi connectivity index (χ1) is 28.0. The molecular formula is C48H76N6O6. The summed E-state index contributed by atoms with van der Waals surface area (Å²) in [6.45, 7) is 31.5. The highest BCUT2D eigenvalue weighted by atomic mass is 16.5. The van der Waals surface area contributed by atoms with Crippen molar-refractivity contribution in [3.8, 4) is 22.5 Å². The van der Waals surface area contributed by atoms with Gasteiger partial charge in [0.15, 0.2) is 0 Å². The van der Waals surface area contributed by atoms with Gasteiger partial charge in [0.2, 0.25) is 17.7 Å². The Bertz CT molecular complexity index is 1860. The molecule has 1 aliphatic heterocycles. The third-order valence-electron chi connectivity index (χ3n) is 10.6. The molecule has 12 heteroatoms. The van der Waals surface area contributed by atoms with Crippen molar-refractivity contribution in [1.29, 1.82) is 0 Å². The van der Waals surface area contributed by atoms with E-state index in [1.807, 2.05) is 94.8 Å². The summed E-state index contributed by atoms with van der Waals surface area (Å²) >= 11 is 0. The molecule has 0 bridgehead atoms. The molecule has 2 aromatic carbocycles. The Kier molecular flexibility index (Phi) is 18.1. The van der Waals surface area contributed by atoms with Crippen LogP contribution in [0.2, 0.25) is 0 Å². The molecule has 12 nitrogen and oxygen atoms in total. The summed E-state index contributed by atoms with van der Waals surface area (Å²) < 4.78 is 20.6. The predicted octanol–water partition coefficient (Wildman–Crippen LogP) is 9.24. The van der Waals surface area contributed by atoms with E-state index in [0.29, 0.717) is 58.7 Å². The molecule has 0 atom stereocenters. The molecule has 0 saturated heterocycles. The van der Waals surface area contributed by atoms with Crippen molar-refractivity contribution in [2.75, 3.05) is 37.8 Å². The van der Waals surface area contributed by atoms with Crippen molar-refractivity contribution in [1.82, 2.24) is 25.6 Å². The van der Waals surface area contributed by atoms with Crippen molar-refractivity contribution in [3.05, 3.63) is 54.1 Å². The minimum Gasteiger partial charge on any atom is -0.375 e. The lowest BCUT2D eigenvalue weighted by Gasteiger charge is -2.32. The Morgan fingerprint density at radius 1 is 0.683 bits per heavy atom. The minimum atomic E-state index is -0.515. The van der Waals surface area contributed by atoms with Gasteiger partial charge >= 0.3 is 0 Å². The summed E-state index contributed by atoms with van der Waals surface area (Å²) in [4.78, 5) is 40.5. The average Bonchev–Trinajstić information content (AvgIpc) is 3.60. The summed E-state index contributed by atoms with van der Waals surface area (Å²) in [7, 11) is 0. The molecule has 2 heterocycles. The van der Waals surface area contributed by atoms with Gasteiger partial charge in [-0.05, 0) is 98.1 Å². The number of carbonyl (C=O) groups is 3. The maximum atomic E-state index is 14.2. The molecule has 3 amide bonds. The minimum absolute atomic E-state index is 0.0524. The molecule has 60 heavy (non-hydrogen) atoms. The van der Waals surface area contributed by atoms with Gasteiger partial charge in [-0.15, -0.1) is 5.10 Å². The molecule has 0 aliphatic carbocycles. The second-order valence-corrected chi connectivity index (χ2v) is 19.3. The quantitative estimate of drug-likeness (QED) is 0.115. The van der Waals surface area contributed by atoms with Crippen LogP contribution in [-0.2, 0) is 40.7 Å². The van der Waals surface area contributed by atoms with Crippen LogP contribution in [0, 0.1) is 5.41 Å². The molecule has 2 N–H and O–H groups in total. The van der Waals surface area contributed by atoms with E-state index in [4.69, 9.17) is 24.5 Å². The number of anilines is 1. The third kappa shape index (κ3) is 15.4. The van der Waals surface area contributed by atoms with Crippen molar-refractivity contribution in [3.63, 3.8) is 0 Å². The normalized spacial score (nSPS) is 13.2. The zero-order chi connectivity index (χ0) is 44.9. The fourth-order valence-corrected chi connectivity index (χ4v) is 6.78. The molecule has 1 aliphatic rings. The molecule has 334 valence electrons. The van der Waals surface area contributed by atoms with Gasteiger partial charge in [0, 0.05) is 50.6 Å². The zero-order valence-corrected chi connectivity index (χ0v) is 39.3. The summed E-state index contributed by atoms with van der Waals surface area (Å²) in [5.74, 6) is -0.375. The molecule has 3 aromatic rings. The lowest BCUT2D eigenvalue weighted by molar-refractivity contribution is -0.125. The number of aromatic nitrogens is 3. The largest absolute Gasteiger partial charge is 0.375 e. The van der Waals surface area contributed by atoms with Crippen molar-refractivity contribution in [2.45, 2.75) is 164 Å². The van der Waals surface area contributed by atoms with E-state index in [1.165, 1.54) is 6.92 Å². The smallest absolute Gasteiger partial charge is 0.227 e. The van der Waals surface area contributed by atoms with Gasteiger partial charge < -0.3 is 29.7 Å². The van der Waals surface area contributed by atoms with Gasteiger partial charge in [-0.25, -0.2) is 4.68 Å². The molecule has 1 aromatic heterocycles. The van der Waals surface area contributed by atoms with Crippen molar-refractivity contribution >= 4 is 23.4 Å². The van der Waals surface area contributed by atoms with Gasteiger partial charge in [0.1, 0.15) is 5.69 Å². The van der Waals surface area contributed by atoms with Crippen LogP contribution in [0.5, 0.6) is 0 Å². The highest BCUT2D eigenvalue weighted by Gasteiger charge is 2.34. The first-order valence-electron chi connectivity index (χ1n) is 21.9. The number of carbonyl (C=O) groups excluding carboxylic acids is 3. The first-order valence-corrected chi connectivity index (χ1v) is 21.9. The van der Waals surface area contributed by atoms with Crippen LogP contribution in [0.1, 0.15) is 141 Å². The molecular weight excluding hydrogens is 757 g/mol. The number of para-hydroxylation sites is 1. The first kappa shape index (κ1) is 50.2. The standard InChI is InChI=1S/C46H70N6O6.C2H6/c1-33(53)47-27-23-44(7,8)56-29-25-43(5,6)52-41-36-19-15-16-20-37(36)51(31-34-17-13-14-18-35(34)40(41)49-50-52)39(55)22-21-38(54)48-28-24-45(9,10)57-30-26-46(11,12)58-32-42(2,3)4;1-2/h13-20H,21-32H2,1-12H3,(H,47,53)(H,48,54);1-2H3. The molecule has 4 rings (SSSR count). The summed E-state index contributed by atoms with van der Waals surface area (Å²) in [5.41, 5.74) is 3.43. The third-order valence-corrected chi connectivity index (χ3v) is 10.6. The highest BCUT2D eigenvalue weighted by Crippen LogP contribution is 2.43. The molecule has 0 unspecified atom stereocenters. The molecule has 0 fully saturated rings. The van der Waals surface area contributed by atoms with Gasteiger partial charge in [0.05, 0.1) is 53.5 Å². The van der Waals surface area contributed by atoms with E-state index in [0.717, 1.165) is 40.2 Å². The van der Waals surface area contributed by atoms with E-state index in [9.17, 15) is 14.4 Å². The number of fused-ring (bicyclic) bond motifs is 5. The Hall–Kier alpha value is -4.13. The molecule has 0 spiro atoms. The van der Waals surface area contributed by atoms with Crippen molar-refractivity contribution in [2.24, 2.45) is 5.41 Å². The van der Waals surface area contributed by atoms with Crippen LogP contribution in [0.25, 0.3) is 22.5 Å². The lowest BCUT2D eigenvalue weighted by atomic mass is 9.93. The number of ether oxygens (including phenoxy) is 3. The van der Waals surface area contributed by atoms with Crippen LogP contribution >= 0.6 is 0 Å². The topological polar surface area (TPSA) is 137 Å². The Balaban J connectivity index is 0.00000473. The summed E-state index contributed by atoms with van der Waals surface area (Å²) in [6, 6.07) is 15.8. The fraction of sp³-hybridized carbons (Fsp3) is 0.646. The maximum absolute atomic E-state index is 14.2. The van der Waals surface area contributed by atoms with Gasteiger partial charge in [0.25, 0.3) is 0 Å². The lowest BCUT2D eigenvalue weighted by Crippen LogP contribution is -2.36. The Labute approximate surface area is 360 Å². The number of amides is 3. The maximum Gasteiger partial charge on any atom is 0.227 e. The van der Waals surface area contributed by atoms with Crippen LogP contribution in [0.15, 0.2) is 48.5 Å². The SMILES string of the molecule is CC.CC(=O)NCCC(C)(C)OCCC(C)(C)n1nnc2c1-c1ccccc1N(C(=O)CCC(=O)NCCC(C)(C)OCCC(C)(C)OCC(C)(C)C)Cc1ccccc1-2. The number of nitrogens with one attached hydrogen (secondary N) is 2. The highest BCUT2D eigenvalue weighted by molar-refractivity contribution is 6.01. The number of benzene rings is 2. The zero-order valence-electron chi connectivity index (χ0n) is 39.3. The van der Waals surface area contributed by atoms with Gasteiger partial charge in [-0.1, -0.05) is 82.3 Å². The predicted molar refractivity (Wildman–Crippen MR) is 242 cm³/mol. The van der Waals surface area contributed by atoms with Crippen LogP contribution in [0.3, 0.4) is 0 Å². The van der Waals surface area contributed by atoms with Crippen molar-refractivity contribution < 1.29 is 28.6 Å². The fourth-order valence-electron chi connectivity index (χ4n) is 6.78.